The maximum absolute atomic E-state index is 9.60. The highest BCUT2D eigenvalue weighted by Gasteiger charge is 2.51. The molecule has 1 spiro atoms. The Balaban J connectivity index is 0.952. The van der Waals surface area contributed by atoms with Gasteiger partial charge in [0.15, 0.2) is 0 Å². The van der Waals surface area contributed by atoms with Gasteiger partial charge in [0, 0.05) is 49.3 Å². The van der Waals surface area contributed by atoms with Crippen molar-refractivity contribution in [1.29, 1.82) is 5.26 Å². The van der Waals surface area contributed by atoms with Gasteiger partial charge in [-0.25, -0.2) is 4.98 Å². The molecule has 11 aromatic rings. The van der Waals surface area contributed by atoms with Crippen LogP contribution in [0, 0.1) is 11.3 Å². The Morgan fingerprint density at radius 3 is 1.84 bits per heavy atom. The molecule has 4 heteroatoms. The third-order valence-electron chi connectivity index (χ3n) is 13.1. The fourth-order valence-electron chi connectivity index (χ4n) is 10.5. The van der Waals surface area contributed by atoms with Crippen molar-refractivity contribution in [1.82, 2.24) is 9.55 Å². The van der Waals surface area contributed by atoms with Crippen LogP contribution in [0.5, 0.6) is 11.5 Å². The molecule has 1 aliphatic carbocycles. The quantitative estimate of drug-likeness (QED) is 0.168. The Morgan fingerprint density at radius 1 is 0.475 bits per heavy atom. The van der Waals surface area contributed by atoms with E-state index >= 15 is 0 Å². The van der Waals surface area contributed by atoms with Gasteiger partial charge < -0.3 is 9.30 Å². The van der Waals surface area contributed by atoms with Crippen LogP contribution in [0.2, 0.25) is 0 Å². The first-order chi connectivity index (χ1) is 30.2. The monoisotopic (exact) mass is 775 g/mol. The molecule has 4 nitrogen and oxygen atoms in total. The normalized spacial score (nSPS) is 13.2. The Morgan fingerprint density at radius 2 is 1.08 bits per heavy atom. The van der Waals surface area contributed by atoms with E-state index in [1.807, 2.05) is 12.1 Å². The minimum Gasteiger partial charge on any atom is -0.456 e. The summed E-state index contributed by atoms with van der Waals surface area (Å²) in [5.74, 6) is 1.76. The number of fused-ring (bicyclic) bond motifs is 16. The predicted molar refractivity (Wildman–Crippen MR) is 247 cm³/mol. The lowest BCUT2D eigenvalue weighted by Crippen LogP contribution is -2.32. The van der Waals surface area contributed by atoms with Crippen molar-refractivity contribution < 1.29 is 4.74 Å². The minimum absolute atomic E-state index is 0.546. The summed E-state index contributed by atoms with van der Waals surface area (Å²) in [4.78, 5) is 5.35. The lowest BCUT2D eigenvalue weighted by atomic mass is 9.65. The third-order valence-corrected chi connectivity index (χ3v) is 13.1. The molecule has 0 unspecified atom stereocenters. The molecule has 0 radical (unpaired) electrons. The van der Waals surface area contributed by atoms with E-state index in [4.69, 9.17) is 9.72 Å². The molecule has 1 aliphatic heterocycles. The van der Waals surface area contributed by atoms with Gasteiger partial charge in [-0.1, -0.05) is 152 Å². The highest BCUT2D eigenvalue weighted by Crippen LogP contribution is 2.63. The SMILES string of the molecule is N#Cc1ccc2c(c1)c1ccccc1n2-c1ccc(-c2ccc(-c3nc4ccccc4c4c5c(ccc34)C3(c4ccccc4O5)c4ccccc4-c4ccccc43)cc2)cc1. The number of hydrogen-bond donors (Lipinski definition) is 0. The van der Waals surface area contributed by atoms with Crippen LogP contribution in [0.1, 0.15) is 27.8 Å². The highest BCUT2D eigenvalue weighted by molar-refractivity contribution is 6.15. The van der Waals surface area contributed by atoms with Crippen LogP contribution in [0.25, 0.3) is 82.7 Å². The molecule has 2 aliphatic rings. The summed E-state index contributed by atoms with van der Waals surface area (Å²) in [7, 11) is 0. The summed E-state index contributed by atoms with van der Waals surface area (Å²) in [5.41, 5.74) is 15.9. The summed E-state index contributed by atoms with van der Waals surface area (Å²) in [6.45, 7) is 0. The van der Waals surface area contributed by atoms with Crippen molar-refractivity contribution in [2.45, 2.75) is 5.41 Å². The van der Waals surface area contributed by atoms with Gasteiger partial charge in [0.2, 0.25) is 0 Å². The molecule has 282 valence electrons. The third kappa shape index (κ3) is 4.60. The van der Waals surface area contributed by atoms with Crippen molar-refractivity contribution in [2.24, 2.45) is 0 Å². The van der Waals surface area contributed by atoms with Gasteiger partial charge in [0.25, 0.3) is 0 Å². The summed E-state index contributed by atoms with van der Waals surface area (Å²) >= 11 is 0. The number of para-hydroxylation sites is 3. The first-order valence-corrected chi connectivity index (χ1v) is 20.7. The molecular formula is C57H33N3O. The Labute approximate surface area is 351 Å². The molecule has 0 bridgehead atoms. The van der Waals surface area contributed by atoms with Crippen molar-refractivity contribution >= 4 is 43.5 Å². The summed E-state index contributed by atoms with van der Waals surface area (Å²) in [6.07, 6.45) is 0. The van der Waals surface area contributed by atoms with Gasteiger partial charge >= 0.3 is 0 Å². The second kappa shape index (κ2) is 12.6. The fraction of sp³-hybridized carbons (Fsp3) is 0.0175. The lowest BCUT2D eigenvalue weighted by Gasteiger charge is -2.40. The maximum Gasteiger partial charge on any atom is 0.140 e. The fourth-order valence-corrected chi connectivity index (χ4v) is 10.5. The molecule has 0 fully saturated rings. The van der Waals surface area contributed by atoms with Crippen molar-refractivity contribution in [3.05, 3.63) is 228 Å². The standard InChI is InChI=1S/C57H33N3O/c58-34-35-21-32-52-45(33-35)42-13-4-9-19-51(42)60(52)39-28-26-37(27-29-39)36-22-24-38(25-23-36)55-44-30-31-49-56(54(44)43-14-3-8-18-50(43)59-55)61-53-20-10-7-17-48(53)57(49)46-15-5-1-11-40(46)41-12-2-6-16-47(41)57/h1-33H. The Kier molecular flexibility index (Phi) is 6.97. The van der Waals surface area contributed by atoms with Gasteiger partial charge in [0.05, 0.1) is 39.3 Å². The number of hydrogen-bond acceptors (Lipinski definition) is 3. The zero-order valence-electron chi connectivity index (χ0n) is 32.8. The average molecular weight is 776 g/mol. The van der Waals surface area contributed by atoms with Gasteiger partial charge in [-0.15, -0.1) is 0 Å². The molecule has 2 aromatic heterocycles. The second-order valence-electron chi connectivity index (χ2n) is 16.1. The Hall–Kier alpha value is -8.26. The number of rotatable bonds is 3. The molecule has 0 atom stereocenters. The van der Waals surface area contributed by atoms with Crippen LogP contribution in [0.15, 0.2) is 200 Å². The van der Waals surface area contributed by atoms with Crippen LogP contribution in [-0.2, 0) is 5.41 Å². The first kappa shape index (κ1) is 33.7. The van der Waals surface area contributed by atoms with Gasteiger partial charge in [0.1, 0.15) is 11.5 Å². The van der Waals surface area contributed by atoms with Crippen LogP contribution >= 0.6 is 0 Å². The summed E-state index contributed by atoms with van der Waals surface area (Å²) in [5, 5.41) is 15.0. The van der Waals surface area contributed by atoms with Gasteiger partial charge in [-0.05, 0) is 81.9 Å². The first-order valence-electron chi connectivity index (χ1n) is 20.7. The average Bonchev–Trinajstić information content (AvgIpc) is 3.81. The highest BCUT2D eigenvalue weighted by atomic mass is 16.5. The van der Waals surface area contributed by atoms with Crippen molar-refractivity contribution in [3.8, 4) is 56.8 Å². The number of nitriles is 1. The molecule has 9 aromatic carbocycles. The van der Waals surface area contributed by atoms with E-state index < -0.39 is 5.41 Å². The number of aromatic nitrogens is 2. The van der Waals surface area contributed by atoms with Crippen LogP contribution < -0.4 is 4.74 Å². The van der Waals surface area contributed by atoms with Crippen molar-refractivity contribution in [3.63, 3.8) is 0 Å². The molecule has 0 amide bonds. The van der Waals surface area contributed by atoms with Gasteiger partial charge in [-0.2, -0.15) is 5.26 Å². The lowest BCUT2D eigenvalue weighted by molar-refractivity contribution is 0.442. The zero-order chi connectivity index (χ0) is 40.2. The summed E-state index contributed by atoms with van der Waals surface area (Å²) < 4.78 is 9.42. The number of benzene rings is 9. The largest absolute Gasteiger partial charge is 0.456 e. The van der Waals surface area contributed by atoms with Crippen LogP contribution in [0.3, 0.4) is 0 Å². The Bertz CT molecular complexity index is 3640. The van der Waals surface area contributed by atoms with E-state index in [1.54, 1.807) is 0 Å². The van der Waals surface area contributed by atoms with E-state index in [2.05, 4.69) is 199 Å². The maximum atomic E-state index is 9.60. The zero-order valence-corrected chi connectivity index (χ0v) is 32.8. The number of ether oxygens (including phenoxy) is 1. The van der Waals surface area contributed by atoms with Crippen LogP contribution in [-0.4, -0.2) is 9.55 Å². The minimum atomic E-state index is -0.546. The van der Waals surface area contributed by atoms with E-state index in [0.29, 0.717) is 5.56 Å². The van der Waals surface area contributed by atoms with Crippen LogP contribution in [0.4, 0.5) is 0 Å². The molecule has 13 rings (SSSR count). The molecule has 0 saturated heterocycles. The molecule has 61 heavy (non-hydrogen) atoms. The van der Waals surface area contributed by atoms with E-state index in [1.165, 1.54) is 22.3 Å². The predicted octanol–water partition coefficient (Wildman–Crippen LogP) is 14.2. The molecule has 0 saturated carbocycles. The smallest absolute Gasteiger partial charge is 0.140 e. The molecule has 0 N–H and O–H groups in total. The van der Waals surface area contributed by atoms with Gasteiger partial charge in [-0.3, -0.25) is 0 Å². The molecular weight excluding hydrogens is 743 g/mol. The second-order valence-corrected chi connectivity index (χ2v) is 16.1. The van der Waals surface area contributed by atoms with E-state index in [-0.39, 0.29) is 0 Å². The van der Waals surface area contributed by atoms with E-state index in [0.717, 1.165) is 94.2 Å². The summed E-state index contributed by atoms with van der Waals surface area (Å²) in [6, 6.07) is 73.5. The topological polar surface area (TPSA) is 50.8 Å². The van der Waals surface area contributed by atoms with Crippen molar-refractivity contribution in [2.75, 3.05) is 0 Å². The molecule has 3 heterocycles. The van der Waals surface area contributed by atoms with E-state index in [9.17, 15) is 5.26 Å². The number of nitrogens with zero attached hydrogens (tertiary/aromatic N) is 3. The number of pyridine rings is 1.